The maximum atomic E-state index is 13.6. The van der Waals surface area contributed by atoms with Crippen LogP contribution in [0.3, 0.4) is 0 Å². The number of carbonyl (C=O) groups excluding carboxylic acids is 2. The Morgan fingerprint density at radius 1 is 0.816 bits per heavy atom. The van der Waals surface area contributed by atoms with E-state index in [1.165, 1.54) is 11.6 Å². The van der Waals surface area contributed by atoms with Crippen molar-refractivity contribution in [3.05, 3.63) is 118 Å². The molecule has 4 aromatic rings. The molecule has 0 N–H and O–H groups in total. The van der Waals surface area contributed by atoms with Crippen molar-refractivity contribution < 1.29 is 14.3 Å². The van der Waals surface area contributed by atoms with Crippen molar-refractivity contribution in [2.45, 2.75) is 13.5 Å². The minimum absolute atomic E-state index is 0.141. The van der Waals surface area contributed by atoms with Crippen LogP contribution < -0.4 is 15.2 Å². The molecule has 1 aliphatic rings. The molecule has 0 unspecified atom stereocenters. The Morgan fingerprint density at radius 2 is 1.42 bits per heavy atom. The number of ether oxygens (including phenoxy) is 1. The first-order valence-electron chi connectivity index (χ1n) is 12.5. The number of hydrogen-bond acceptors (Lipinski definition) is 6. The molecule has 2 heterocycles. The average molecular weight is 509 g/mol. The van der Waals surface area contributed by atoms with Gasteiger partial charge in [0.15, 0.2) is 5.78 Å². The predicted molar refractivity (Wildman–Crippen MR) is 145 cm³/mol. The first-order valence-corrected chi connectivity index (χ1v) is 12.5. The molecule has 192 valence electrons. The summed E-state index contributed by atoms with van der Waals surface area (Å²) in [6.07, 6.45) is 1.65. The Bertz CT molecular complexity index is 1490. The standard InChI is InChI=1S/C30H28N4O4/c1-22(35)25-14-8-9-15-26(25)29(36)33-18-16-32(17-19-33)27-20-31-34(24-12-6-3-7-13-24)30(37)28(27)38-21-23-10-4-2-5-11-23/h2-15,20H,16-19,21H2,1H3. The largest absolute Gasteiger partial charge is 0.481 e. The van der Waals surface area contributed by atoms with Crippen molar-refractivity contribution >= 4 is 17.4 Å². The third-order valence-electron chi connectivity index (χ3n) is 6.59. The molecule has 1 aliphatic heterocycles. The van der Waals surface area contributed by atoms with E-state index in [0.717, 1.165) is 5.56 Å². The van der Waals surface area contributed by atoms with Crippen LogP contribution in [-0.4, -0.2) is 52.5 Å². The van der Waals surface area contributed by atoms with Crippen LogP contribution in [0, 0.1) is 0 Å². The number of rotatable bonds is 7. The lowest BCUT2D eigenvalue weighted by Gasteiger charge is -2.36. The van der Waals surface area contributed by atoms with Gasteiger partial charge in [0.05, 0.1) is 17.4 Å². The topological polar surface area (TPSA) is 84.7 Å². The molecule has 5 rings (SSSR count). The smallest absolute Gasteiger partial charge is 0.316 e. The van der Waals surface area contributed by atoms with Crippen LogP contribution in [0.1, 0.15) is 33.2 Å². The fourth-order valence-electron chi connectivity index (χ4n) is 4.57. The summed E-state index contributed by atoms with van der Waals surface area (Å²) < 4.78 is 7.46. The van der Waals surface area contributed by atoms with Gasteiger partial charge in [-0.05, 0) is 30.7 Å². The summed E-state index contributed by atoms with van der Waals surface area (Å²) in [5.74, 6) is -0.0964. The van der Waals surface area contributed by atoms with Gasteiger partial charge < -0.3 is 14.5 Å². The summed E-state index contributed by atoms with van der Waals surface area (Å²) in [6, 6.07) is 25.8. The SMILES string of the molecule is CC(=O)c1ccccc1C(=O)N1CCN(c2cnn(-c3ccccc3)c(=O)c2OCc2ccccc2)CC1. The molecule has 0 aliphatic carbocycles. The lowest BCUT2D eigenvalue weighted by molar-refractivity contribution is 0.0742. The van der Waals surface area contributed by atoms with Gasteiger partial charge in [-0.3, -0.25) is 14.4 Å². The zero-order valence-corrected chi connectivity index (χ0v) is 21.1. The maximum absolute atomic E-state index is 13.6. The van der Waals surface area contributed by atoms with E-state index in [4.69, 9.17) is 4.74 Å². The second kappa shape index (κ2) is 11.1. The quantitative estimate of drug-likeness (QED) is 0.351. The summed E-state index contributed by atoms with van der Waals surface area (Å²) >= 11 is 0. The molecule has 1 saturated heterocycles. The molecular weight excluding hydrogens is 480 g/mol. The highest BCUT2D eigenvalue weighted by atomic mass is 16.5. The second-order valence-electron chi connectivity index (χ2n) is 9.07. The lowest BCUT2D eigenvalue weighted by Crippen LogP contribution is -2.49. The van der Waals surface area contributed by atoms with E-state index in [-0.39, 0.29) is 29.6 Å². The third-order valence-corrected chi connectivity index (χ3v) is 6.59. The monoisotopic (exact) mass is 508 g/mol. The Labute approximate surface area is 220 Å². The third kappa shape index (κ3) is 5.20. The average Bonchev–Trinajstić information content (AvgIpc) is 2.97. The first kappa shape index (κ1) is 25.0. The van der Waals surface area contributed by atoms with E-state index in [0.29, 0.717) is 48.7 Å². The molecular formula is C30H28N4O4. The molecule has 1 amide bonds. The normalized spacial score (nSPS) is 13.3. The van der Waals surface area contributed by atoms with E-state index in [1.807, 2.05) is 65.6 Å². The molecule has 1 fully saturated rings. The van der Waals surface area contributed by atoms with Gasteiger partial charge in [-0.15, -0.1) is 0 Å². The Balaban J connectivity index is 1.40. The maximum Gasteiger partial charge on any atom is 0.316 e. The van der Waals surface area contributed by atoms with Crippen molar-refractivity contribution in [2.24, 2.45) is 0 Å². The fraction of sp³-hybridized carbons (Fsp3) is 0.200. The number of amides is 1. The van der Waals surface area contributed by atoms with Crippen molar-refractivity contribution in [3.8, 4) is 11.4 Å². The number of anilines is 1. The molecule has 0 bridgehead atoms. The van der Waals surface area contributed by atoms with Crippen molar-refractivity contribution in [3.63, 3.8) is 0 Å². The van der Waals surface area contributed by atoms with Crippen LogP contribution >= 0.6 is 0 Å². The van der Waals surface area contributed by atoms with Crippen LogP contribution in [0.25, 0.3) is 5.69 Å². The second-order valence-corrected chi connectivity index (χ2v) is 9.07. The molecule has 0 saturated carbocycles. The van der Waals surface area contributed by atoms with Crippen LogP contribution in [0.5, 0.6) is 5.75 Å². The van der Waals surface area contributed by atoms with Crippen LogP contribution in [-0.2, 0) is 6.61 Å². The number of Topliss-reactive ketones (excluding diaryl/α,β-unsaturated/α-hetero) is 1. The zero-order valence-electron chi connectivity index (χ0n) is 21.1. The summed E-state index contributed by atoms with van der Waals surface area (Å²) in [4.78, 5) is 42.6. The van der Waals surface area contributed by atoms with Crippen LogP contribution in [0.2, 0.25) is 0 Å². The highest BCUT2D eigenvalue weighted by Crippen LogP contribution is 2.27. The van der Waals surface area contributed by atoms with Gasteiger partial charge in [0.2, 0.25) is 5.75 Å². The number of nitrogens with zero attached hydrogens (tertiary/aromatic N) is 4. The lowest BCUT2D eigenvalue weighted by atomic mass is 10.0. The minimum Gasteiger partial charge on any atom is -0.481 e. The van der Waals surface area contributed by atoms with Crippen LogP contribution in [0.15, 0.2) is 95.9 Å². The van der Waals surface area contributed by atoms with E-state index >= 15 is 0 Å². The number of ketones is 1. The van der Waals surface area contributed by atoms with Crippen LogP contribution in [0.4, 0.5) is 5.69 Å². The molecule has 0 atom stereocenters. The fourth-order valence-corrected chi connectivity index (χ4v) is 4.57. The number of para-hydroxylation sites is 1. The van der Waals surface area contributed by atoms with Gasteiger partial charge in [0, 0.05) is 31.7 Å². The van der Waals surface area contributed by atoms with Crippen molar-refractivity contribution in [1.82, 2.24) is 14.7 Å². The van der Waals surface area contributed by atoms with Crippen molar-refractivity contribution in [1.29, 1.82) is 0 Å². The van der Waals surface area contributed by atoms with E-state index in [2.05, 4.69) is 5.10 Å². The van der Waals surface area contributed by atoms with Gasteiger partial charge in [-0.2, -0.15) is 9.78 Å². The van der Waals surface area contributed by atoms with E-state index in [1.54, 1.807) is 35.4 Å². The Kier molecular flexibility index (Phi) is 7.31. The number of hydrogen-bond donors (Lipinski definition) is 0. The molecule has 3 aromatic carbocycles. The number of benzene rings is 3. The van der Waals surface area contributed by atoms with Gasteiger partial charge >= 0.3 is 5.56 Å². The Hall–Kier alpha value is -4.72. The van der Waals surface area contributed by atoms with E-state index < -0.39 is 0 Å². The summed E-state index contributed by atoms with van der Waals surface area (Å²) in [5.41, 5.74) is 2.67. The molecule has 8 heteroatoms. The highest BCUT2D eigenvalue weighted by molar-refractivity contribution is 6.07. The number of carbonyl (C=O) groups is 2. The molecule has 38 heavy (non-hydrogen) atoms. The van der Waals surface area contributed by atoms with Gasteiger partial charge in [0.1, 0.15) is 12.3 Å². The highest BCUT2D eigenvalue weighted by Gasteiger charge is 2.27. The number of aromatic nitrogens is 2. The molecule has 1 aromatic heterocycles. The van der Waals surface area contributed by atoms with E-state index in [9.17, 15) is 14.4 Å². The summed E-state index contributed by atoms with van der Waals surface area (Å²) in [7, 11) is 0. The molecule has 0 radical (unpaired) electrons. The van der Waals surface area contributed by atoms with Crippen molar-refractivity contribution in [2.75, 3.05) is 31.1 Å². The van der Waals surface area contributed by atoms with Gasteiger partial charge in [-0.25, -0.2) is 0 Å². The summed E-state index contributed by atoms with van der Waals surface area (Å²) in [5, 5.41) is 4.44. The summed E-state index contributed by atoms with van der Waals surface area (Å²) in [6.45, 7) is 3.56. The molecule has 0 spiro atoms. The predicted octanol–water partition coefficient (Wildman–Crippen LogP) is 3.98. The van der Waals surface area contributed by atoms with Gasteiger partial charge in [0.25, 0.3) is 5.91 Å². The Morgan fingerprint density at radius 3 is 2.08 bits per heavy atom. The minimum atomic E-state index is -0.349. The number of piperazine rings is 1. The van der Waals surface area contributed by atoms with Gasteiger partial charge in [-0.1, -0.05) is 66.7 Å². The first-order chi connectivity index (χ1) is 18.5. The molecule has 8 nitrogen and oxygen atoms in total. The zero-order chi connectivity index (χ0) is 26.5.